The van der Waals surface area contributed by atoms with E-state index in [0.29, 0.717) is 18.9 Å². The number of nitrogens with zero attached hydrogens (tertiary/aromatic N) is 1. The highest BCUT2D eigenvalue weighted by molar-refractivity contribution is 5.91. The number of carbonyl (C=O) groups is 1. The van der Waals surface area contributed by atoms with Gasteiger partial charge in [0.05, 0.1) is 0 Å². The summed E-state index contributed by atoms with van der Waals surface area (Å²) in [7, 11) is 0. The summed E-state index contributed by atoms with van der Waals surface area (Å²) in [6.07, 6.45) is 4.32. The van der Waals surface area contributed by atoms with Gasteiger partial charge in [-0.3, -0.25) is 4.79 Å². The molecule has 0 bridgehead atoms. The third kappa shape index (κ3) is 2.11. The van der Waals surface area contributed by atoms with Crippen LogP contribution in [0.3, 0.4) is 0 Å². The van der Waals surface area contributed by atoms with Crippen LogP contribution in [0.15, 0.2) is 17.1 Å². The van der Waals surface area contributed by atoms with Crippen molar-refractivity contribution in [3.05, 3.63) is 18.4 Å². The van der Waals surface area contributed by atoms with Crippen LogP contribution in [-0.4, -0.2) is 30.1 Å². The summed E-state index contributed by atoms with van der Waals surface area (Å²) in [5, 5.41) is 2.88. The number of ether oxygens (including phenoxy) is 1. The molecule has 1 fully saturated rings. The van der Waals surface area contributed by atoms with Crippen molar-refractivity contribution in [3.63, 3.8) is 0 Å². The summed E-state index contributed by atoms with van der Waals surface area (Å²) in [5.41, 5.74) is 0.330. The molecule has 1 amide bonds. The first-order valence-electron chi connectivity index (χ1n) is 4.63. The smallest absolute Gasteiger partial charge is 0.273 e. The van der Waals surface area contributed by atoms with Crippen LogP contribution in [0, 0.1) is 0 Å². The third-order valence-electron chi connectivity index (χ3n) is 2.22. The lowest BCUT2D eigenvalue weighted by Gasteiger charge is -2.22. The Kier molecular flexibility index (Phi) is 2.78. The molecule has 5 nitrogen and oxygen atoms in total. The van der Waals surface area contributed by atoms with Gasteiger partial charge in [-0.15, -0.1) is 0 Å². The normalized spacial score (nSPS) is 18.0. The average Bonchev–Trinajstić information content (AvgIpc) is 2.72. The summed E-state index contributed by atoms with van der Waals surface area (Å²) in [4.78, 5) is 15.3. The van der Waals surface area contributed by atoms with E-state index < -0.39 is 0 Å². The minimum Gasteiger partial charge on any atom is -0.451 e. The van der Waals surface area contributed by atoms with Gasteiger partial charge in [0.25, 0.3) is 5.91 Å². The largest absolute Gasteiger partial charge is 0.451 e. The lowest BCUT2D eigenvalue weighted by Crippen LogP contribution is -2.39. The number of hydrogen-bond donors (Lipinski definition) is 1. The van der Waals surface area contributed by atoms with E-state index >= 15 is 0 Å². The minimum absolute atomic E-state index is 0.175. The second kappa shape index (κ2) is 4.23. The number of rotatable bonds is 2. The second-order valence-electron chi connectivity index (χ2n) is 3.23. The Labute approximate surface area is 81.5 Å². The first kappa shape index (κ1) is 9.21. The number of carbonyl (C=O) groups excluding carboxylic acids is 1. The molecule has 1 aromatic rings. The zero-order chi connectivity index (χ0) is 9.80. The second-order valence-corrected chi connectivity index (χ2v) is 3.23. The van der Waals surface area contributed by atoms with Crippen LogP contribution < -0.4 is 5.32 Å². The molecule has 2 heterocycles. The Morgan fingerprint density at radius 1 is 1.50 bits per heavy atom. The van der Waals surface area contributed by atoms with E-state index in [1.165, 1.54) is 12.7 Å². The third-order valence-corrected chi connectivity index (χ3v) is 2.22. The van der Waals surface area contributed by atoms with Crippen LogP contribution in [0.25, 0.3) is 0 Å². The molecule has 1 aliphatic heterocycles. The van der Waals surface area contributed by atoms with Gasteiger partial charge < -0.3 is 14.5 Å². The maximum Gasteiger partial charge on any atom is 0.273 e. The van der Waals surface area contributed by atoms with Crippen LogP contribution in [0.5, 0.6) is 0 Å². The van der Waals surface area contributed by atoms with Gasteiger partial charge in [-0.25, -0.2) is 4.98 Å². The fourth-order valence-corrected chi connectivity index (χ4v) is 1.43. The quantitative estimate of drug-likeness (QED) is 0.751. The maximum atomic E-state index is 11.5. The standard InChI is InChI=1S/C9H12N2O3/c12-9(8-5-14-6-10-8)11-7-1-3-13-4-2-7/h5-7H,1-4H2,(H,11,12). The van der Waals surface area contributed by atoms with Gasteiger partial charge >= 0.3 is 0 Å². The molecule has 5 heteroatoms. The predicted molar refractivity (Wildman–Crippen MR) is 47.8 cm³/mol. The first-order valence-corrected chi connectivity index (χ1v) is 4.63. The molecule has 0 radical (unpaired) electrons. The van der Waals surface area contributed by atoms with Crippen LogP contribution >= 0.6 is 0 Å². The zero-order valence-electron chi connectivity index (χ0n) is 7.73. The molecule has 0 aliphatic carbocycles. The van der Waals surface area contributed by atoms with E-state index in [4.69, 9.17) is 9.15 Å². The number of aromatic nitrogens is 1. The van der Waals surface area contributed by atoms with Crippen molar-refractivity contribution in [2.24, 2.45) is 0 Å². The van der Waals surface area contributed by atoms with E-state index in [-0.39, 0.29) is 11.9 Å². The SMILES string of the molecule is O=C(NC1CCOCC1)c1cocn1. The van der Waals surface area contributed by atoms with E-state index in [1.54, 1.807) is 0 Å². The molecule has 0 atom stereocenters. The predicted octanol–water partition coefficient (Wildman–Crippen LogP) is 0.583. The number of amides is 1. The number of hydrogen-bond acceptors (Lipinski definition) is 4. The molecule has 0 saturated carbocycles. The lowest BCUT2D eigenvalue weighted by molar-refractivity contribution is 0.0694. The van der Waals surface area contributed by atoms with Gasteiger partial charge in [0.2, 0.25) is 0 Å². The van der Waals surface area contributed by atoms with Crippen molar-refractivity contribution in [2.75, 3.05) is 13.2 Å². The molecule has 2 rings (SSSR count). The van der Waals surface area contributed by atoms with Gasteiger partial charge in [0.15, 0.2) is 12.1 Å². The Morgan fingerprint density at radius 3 is 2.93 bits per heavy atom. The van der Waals surface area contributed by atoms with Crippen molar-refractivity contribution >= 4 is 5.91 Å². The first-order chi connectivity index (χ1) is 6.86. The molecule has 1 N–H and O–H groups in total. The van der Waals surface area contributed by atoms with Crippen LogP contribution in [0.2, 0.25) is 0 Å². The number of nitrogens with one attached hydrogen (secondary N) is 1. The molecule has 1 aliphatic rings. The molecule has 1 aromatic heterocycles. The van der Waals surface area contributed by atoms with Crippen molar-refractivity contribution in [3.8, 4) is 0 Å². The summed E-state index contributed by atoms with van der Waals surface area (Å²) in [5.74, 6) is -0.175. The van der Waals surface area contributed by atoms with Crippen molar-refractivity contribution in [2.45, 2.75) is 18.9 Å². The Balaban J connectivity index is 1.87. The zero-order valence-corrected chi connectivity index (χ0v) is 7.73. The Hall–Kier alpha value is -1.36. The minimum atomic E-state index is -0.175. The van der Waals surface area contributed by atoms with Gasteiger partial charge in [-0.05, 0) is 12.8 Å². The molecular formula is C9H12N2O3. The topological polar surface area (TPSA) is 64.4 Å². The number of oxazole rings is 1. The highest BCUT2D eigenvalue weighted by atomic mass is 16.5. The monoisotopic (exact) mass is 196 g/mol. The lowest BCUT2D eigenvalue weighted by atomic mass is 10.1. The highest BCUT2D eigenvalue weighted by Crippen LogP contribution is 2.07. The van der Waals surface area contributed by atoms with Crippen LogP contribution in [0.4, 0.5) is 0 Å². The van der Waals surface area contributed by atoms with E-state index in [1.807, 2.05) is 0 Å². The summed E-state index contributed by atoms with van der Waals surface area (Å²) >= 11 is 0. The fourth-order valence-electron chi connectivity index (χ4n) is 1.43. The molecule has 14 heavy (non-hydrogen) atoms. The summed E-state index contributed by atoms with van der Waals surface area (Å²) in [6, 6.07) is 0.202. The summed E-state index contributed by atoms with van der Waals surface area (Å²) in [6.45, 7) is 1.42. The van der Waals surface area contributed by atoms with E-state index in [9.17, 15) is 4.79 Å². The van der Waals surface area contributed by atoms with Crippen molar-refractivity contribution in [1.82, 2.24) is 10.3 Å². The van der Waals surface area contributed by atoms with E-state index in [2.05, 4.69) is 10.3 Å². The Morgan fingerprint density at radius 2 is 2.29 bits per heavy atom. The van der Waals surface area contributed by atoms with Crippen molar-refractivity contribution < 1.29 is 13.9 Å². The van der Waals surface area contributed by atoms with E-state index in [0.717, 1.165) is 12.8 Å². The molecule has 0 aromatic carbocycles. The fraction of sp³-hybridized carbons (Fsp3) is 0.556. The molecule has 1 saturated heterocycles. The van der Waals surface area contributed by atoms with Gasteiger partial charge in [-0.2, -0.15) is 0 Å². The van der Waals surface area contributed by atoms with Gasteiger partial charge in [0.1, 0.15) is 6.26 Å². The molecule has 0 unspecified atom stereocenters. The Bertz CT molecular complexity index is 291. The molecular weight excluding hydrogens is 184 g/mol. The van der Waals surface area contributed by atoms with Gasteiger partial charge in [-0.1, -0.05) is 0 Å². The van der Waals surface area contributed by atoms with Gasteiger partial charge in [0, 0.05) is 19.3 Å². The van der Waals surface area contributed by atoms with Crippen LogP contribution in [-0.2, 0) is 4.74 Å². The average molecular weight is 196 g/mol. The highest BCUT2D eigenvalue weighted by Gasteiger charge is 2.17. The maximum absolute atomic E-state index is 11.5. The van der Waals surface area contributed by atoms with Crippen molar-refractivity contribution in [1.29, 1.82) is 0 Å². The molecule has 76 valence electrons. The summed E-state index contributed by atoms with van der Waals surface area (Å²) < 4.78 is 9.91. The molecule has 0 spiro atoms. The van der Waals surface area contributed by atoms with Crippen LogP contribution in [0.1, 0.15) is 23.3 Å².